The third-order valence-electron chi connectivity index (χ3n) is 1.75. The van der Waals surface area contributed by atoms with Gasteiger partial charge in [0.05, 0.1) is 5.02 Å². The molecule has 0 atom stereocenters. The molecule has 0 unspecified atom stereocenters. The molecule has 1 heterocycles. The van der Waals surface area contributed by atoms with Crippen LogP contribution < -0.4 is 0 Å². The van der Waals surface area contributed by atoms with Crippen LogP contribution in [-0.4, -0.2) is 0 Å². The van der Waals surface area contributed by atoms with Gasteiger partial charge < -0.3 is 0 Å². The summed E-state index contributed by atoms with van der Waals surface area (Å²) in [5, 5.41) is 2.79. The van der Waals surface area contributed by atoms with Crippen LogP contribution in [0.3, 0.4) is 0 Å². The molecule has 2 rings (SSSR count). The second-order valence-electron chi connectivity index (χ2n) is 2.69. The Balaban J connectivity index is 2.75. The minimum Gasteiger partial charge on any atom is -0.143 e. The van der Waals surface area contributed by atoms with Gasteiger partial charge in [0, 0.05) is 25.2 Å². The molecular formula is C9H6BrClS2. The summed E-state index contributed by atoms with van der Waals surface area (Å²) in [6.45, 7) is 0. The summed E-state index contributed by atoms with van der Waals surface area (Å²) >= 11 is 15.5. The molecule has 0 radical (unpaired) electrons. The zero-order valence-corrected chi connectivity index (χ0v) is 10.6. The van der Waals surface area contributed by atoms with E-state index in [1.807, 2.05) is 12.1 Å². The van der Waals surface area contributed by atoms with Gasteiger partial charge in [-0.15, -0.1) is 24.0 Å². The van der Waals surface area contributed by atoms with Crippen molar-refractivity contribution in [1.82, 2.24) is 0 Å². The first-order valence-electron chi connectivity index (χ1n) is 3.67. The third-order valence-corrected chi connectivity index (χ3v) is 4.38. The van der Waals surface area contributed by atoms with Gasteiger partial charge in [-0.2, -0.15) is 0 Å². The van der Waals surface area contributed by atoms with E-state index in [2.05, 4.69) is 34.6 Å². The van der Waals surface area contributed by atoms with Crippen molar-refractivity contribution in [2.24, 2.45) is 0 Å². The van der Waals surface area contributed by atoms with E-state index < -0.39 is 0 Å². The maximum atomic E-state index is 6.08. The van der Waals surface area contributed by atoms with Gasteiger partial charge in [0.25, 0.3) is 0 Å². The highest BCUT2D eigenvalue weighted by Crippen LogP contribution is 2.34. The van der Waals surface area contributed by atoms with E-state index >= 15 is 0 Å². The zero-order chi connectivity index (χ0) is 9.42. The summed E-state index contributed by atoms with van der Waals surface area (Å²) in [7, 11) is 0. The molecule has 0 aliphatic rings. The van der Waals surface area contributed by atoms with Gasteiger partial charge in [-0.25, -0.2) is 0 Å². The Morgan fingerprint density at radius 2 is 2.15 bits per heavy atom. The van der Waals surface area contributed by atoms with Crippen molar-refractivity contribution >= 4 is 61.6 Å². The molecule has 0 bridgehead atoms. The van der Waals surface area contributed by atoms with Crippen LogP contribution in [0.25, 0.3) is 10.1 Å². The molecule has 0 saturated heterocycles. The minimum atomic E-state index is 0.783. The second-order valence-corrected chi connectivity index (χ2v) is 5.34. The number of rotatable bonds is 1. The monoisotopic (exact) mass is 292 g/mol. The predicted octanol–water partition coefficient (Wildman–Crippen LogP) is 4.74. The molecule has 0 amide bonds. The maximum Gasteiger partial charge on any atom is 0.0504 e. The van der Waals surface area contributed by atoms with Crippen LogP contribution in [-0.2, 0) is 5.33 Å². The lowest BCUT2D eigenvalue weighted by Crippen LogP contribution is -1.68. The molecule has 0 aliphatic carbocycles. The highest BCUT2D eigenvalue weighted by molar-refractivity contribution is 9.08. The molecule has 13 heavy (non-hydrogen) atoms. The number of hydrogen-bond acceptors (Lipinski definition) is 2. The van der Waals surface area contributed by atoms with Gasteiger partial charge in [0.15, 0.2) is 0 Å². The maximum absolute atomic E-state index is 6.08. The smallest absolute Gasteiger partial charge is 0.0504 e. The average Bonchev–Trinajstić information content (AvgIpc) is 2.47. The zero-order valence-electron chi connectivity index (χ0n) is 6.55. The van der Waals surface area contributed by atoms with Crippen LogP contribution in [0, 0.1) is 0 Å². The standard InChI is InChI=1S/C9H6BrClS2/c10-4-6-3-7-8(11)1-5(12)2-9(7)13-6/h1-3,12H,4H2. The summed E-state index contributed by atoms with van der Waals surface area (Å²) in [4.78, 5) is 2.20. The Morgan fingerprint density at radius 1 is 1.38 bits per heavy atom. The lowest BCUT2D eigenvalue weighted by molar-refractivity contribution is 1.54. The summed E-state index contributed by atoms with van der Waals surface area (Å²) in [5.74, 6) is 0. The predicted molar refractivity (Wildman–Crippen MR) is 66.7 cm³/mol. The van der Waals surface area contributed by atoms with Crippen LogP contribution >= 0.6 is 51.5 Å². The number of halogens is 2. The Morgan fingerprint density at radius 3 is 2.85 bits per heavy atom. The van der Waals surface area contributed by atoms with E-state index in [1.165, 1.54) is 9.58 Å². The van der Waals surface area contributed by atoms with Gasteiger partial charge in [-0.3, -0.25) is 0 Å². The Hall–Kier alpha value is 0.300. The topological polar surface area (TPSA) is 0 Å². The van der Waals surface area contributed by atoms with Crippen LogP contribution in [0.4, 0.5) is 0 Å². The van der Waals surface area contributed by atoms with E-state index in [4.69, 9.17) is 11.6 Å². The molecule has 0 aliphatic heterocycles. The molecule has 68 valence electrons. The van der Waals surface area contributed by atoms with E-state index in [-0.39, 0.29) is 0 Å². The van der Waals surface area contributed by atoms with Gasteiger partial charge in [-0.1, -0.05) is 27.5 Å². The third kappa shape index (κ3) is 1.89. The number of alkyl halides is 1. The lowest BCUT2D eigenvalue weighted by Gasteiger charge is -1.94. The number of thiophene rings is 1. The fraction of sp³-hybridized carbons (Fsp3) is 0.111. The molecule has 0 nitrogen and oxygen atoms in total. The van der Waals surface area contributed by atoms with E-state index in [0.29, 0.717) is 0 Å². The molecule has 0 fully saturated rings. The van der Waals surface area contributed by atoms with Gasteiger partial charge >= 0.3 is 0 Å². The van der Waals surface area contributed by atoms with Crippen LogP contribution in [0.2, 0.25) is 5.02 Å². The molecular weight excluding hydrogens is 288 g/mol. The molecule has 0 spiro atoms. The minimum absolute atomic E-state index is 0.783. The second kappa shape index (κ2) is 3.81. The molecule has 0 saturated carbocycles. The summed E-state index contributed by atoms with van der Waals surface area (Å²) in [6.07, 6.45) is 0. The van der Waals surface area contributed by atoms with Crippen LogP contribution in [0.1, 0.15) is 4.88 Å². The summed E-state index contributed by atoms with van der Waals surface area (Å²) in [5.41, 5.74) is 0. The Bertz CT molecular complexity index is 450. The van der Waals surface area contributed by atoms with Crippen molar-refractivity contribution < 1.29 is 0 Å². The summed E-state index contributed by atoms with van der Waals surface area (Å²) < 4.78 is 1.20. The van der Waals surface area contributed by atoms with Crippen molar-refractivity contribution in [1.29, 1.82) is 0 Å². The largest absolute Gasteiger partial charge is 0.143 e. The molecule has 2 aromatic rings. The van der Waals surface area contributed by atoms with Crippen molar-refractivity contribution in [3.05, 3.63) is 28.1 Å². The first kappa shape index (κ1) is 9.84. The molecule has 4 heteroatoms. The van der Waals surface area contributed by atoms with Crippen LogP contribution in [0.5, 0.6) is 0 Å². The fourth-order valence-corrected chi connectivity index (χ4v) is 3.44. The normalized spacial score (nSPS) is 11.0. The summed E-state index contributed by atoms with van der Waals surface area (Å²) in [6, 6.07) is 6.03. The van der Waals surface area contributed by atoms with Crippen molar-refractivity contribution in [3.8, 4) is 0 Å². The van der Waals surface area contributed by atoms with E-state index in [1.54, 1.807) is 11.3 Å². The first-order chi connectivity index (χ1) is 6.20. The van der Waals surface area contributed by atoms with Gasteiger partial charge in [0.2, 0.25) is 0 Å². The Kier molecular flexibility index (Phi) is 2.88. The molecule has 0 N–H and O–H groups in total. The van der Waals surface area contributed by atoms with Gasteiger partial charge in [0.1, 0.15) is 0 Å². The molecule has 1 aromatic heterocycles. The fourth-order valence-electron chi connectivity index (χ4n) is 1.20. The SMILES string of the molecule is Sc1cc(Cl)c2cc(CBr)sc2c1. The van der Waals surface area contributed by atoms with Crippen molar-refractivity contribution in [3.63, 3.8) is 0 Å². The number of benzene rings is 1. The van der Waals surface area contributed by atoms with E-state index in [9.17, 15) is 0 Å². The molecule has 1 aromatic carbocycles. The lowest BCUT2D eigenvalue weighted by atomic mass is 10.2. The quantitative estimate of drug-likeness (QED) is 0.570. The Labute approximate surface area is 99.4 Å². The highest BCUT2D eigenvalue weighted by Gasteiger charge is 2.05. The van der Waals surface area contributed by atoms with Crippen molar-refractivity contribution in [2.75, 3.05) is 0 Å². The van der Waals surface area contributed by atoms with Gasteiger partial charge in [-0.05, 0) is 18.2 Å². The van der Waals surface area contributed by atoms with Crippen molar-refractivity contribution in [2.45, 2.75) is 10.2 Å². The average molecular weight is 294 g/mol. The van der Waals surface area contributed by atoms with Crippen LogP contribution in [0.15, 0.2) is 23.1 Å². The number of hydrogen-bond donors (Lipinski definition) is 1. The van der Waals surface area contributed by atoms with E-state index in [0.717, 1.165) is 20.6 Å². The number of fused-ring (bicyclic) bond motifs is 1. The number of thiol groups is 1. The highest BCUT2D eigenvalue weighted by atomic mass is 79.9. The first-order valence-corrected chi connectivity index (χ1v) is 6.44.